The molecule has 6 nitrogen and oxygen atoms in total. The van der Waals surface area contributed by atoms with Gasteiger partial charge in [-0.25, -0.2) is 0 Å². The summed E-state index contributed by atoms with van der Waals surface area (Å²) in [6, 6.07) is 6.53. The SMILES string of the molecule is NCC1(CC(=O)O)CCCCC1.O=C(O)[C@H](Cc1ccccc1)N(F)F. The van der Waals surface area contributed by atoms with Gasteiger partial charge in [0.2, 0.25) is 0 Å². The Hall–Kier alpha value is -2.06. The maximum Gasteiger partial charge on any atom is 0.326 e. The van der Waals surface area contributed by atoms with Crippen molar-refractivity contribution in [3.8, 4) is 0 Å². The quantitative estimate of drug-likeness (QED) is 0.635. The molecule has 0 saturated heterocycles. The van der Waals surface area contributed by atoms with Crippen LogP contribution in [0.3, 0.4) is 0 Å². The summed E-state index contributed by atoms with van der Waals surface area (Å²) in [5, 5.41) is 15.9. The van der Waals surface area contributed by atoms with Gasteiger partial charge >= 0.3 is 11.9 Å². The summed E-state index contributed by atoms with van der Waals surface area (Å²) in [6.07, 6.45) is 5.56. The molecule has 4 N–H and O–H groups in total. The highest BCUT2D eigenvalue weighted by Crippen LogP contribution is 2.38. The summed E-state index contributed by atoms with van der Waals surface area (Å²) < 4.78 is 24.2. The Morgan fingerprint density at radius 3 is 2.12 bits per heavy atom. The number of hydrogen-bond donors (Lipinski definition) is 3. The van der Waals surface area contributed by atoms with Gasteiger partial charge in [0.05, 0.1) is 6.42 Å². The summed E-state index contributed by atoms with van der Waals surface area (Å²) in [6.45, 7) is 0.527. The van der Waals surface area contributed by atoms with E-state index in [9.17, 15) is 18.6 Å². The molecule has 0 aromatic heterocycles. The smallest absolute Gasteiger partial charge is 0.326 e. The van der Waals surface area contributed by atoms with Gasteiger partial charge in [-0.1, -0.05) is 49.6 Å². The Bertz CT molecular complexity index is 564. The molecule has 1 aliphatic rings. The lowest BCUT2D eigenvalue weighted by molar-refractivity contribution is -0.201. The van der Waals surface area contributed by atoms with E-state index in [1.807, 2.05) is 0 Å². The molecular formula is C18H26F2N2O4. The van der Waals surface area contributed by atoms with E-state index in [1.165, 1.54) is 6.42 Å². The van der Waals surface area contributed by atoms with Crippen molar-refractivity contribution in [3.05, 3.63) is 35.9 Å². The second-order valence-electron chi connectivity index (χ2n) is 6.64. The first-order valence-corrected chi connectivity index (χ1v) is 8.59. The van der Waals surface area contributed by atoms with Crippen LogP contribution in [-0.4, -0.2) is 40.1 Å². The van der Waals surface area contributed by atoms with E-state index in [0.717, 1.165) is 25.7 Å². The van der Waals surface area contributed by atoms with Gasteiger partial charge in [0.1, 0.15) is 0 Å². The number of halogens is 2. The highest BCUT2D eigenvalue weighted by molar-refractivity contribution is 5.73. The first-order valence-electron chi connectivity index (χ1n) is 8.59. The number of carbonyl (C=O) groups is 2. The molecule has 8 heteroatoms. The number of nitrogens with two attached hydrogens (primary N) is 1. The molecule has 1 fully saturated rings. The number of nitrogens with zero attached hydrogens (tertiary/aromatic N) is 1. The third-order valence-electron chi connectivity index (χ3n) is 4.67. The fourth-order valence-corrected chi connectivity index (χ4v) is 3.15. The Morgan fingerprint density at radius 1 is 1.12 bits per heavy atom. The van der Waals surface area contributed by atoms with Crippen molar-refractivity contribution in [2.45, 2.75) is 51.0 Å². The second-order valence-corrected chi connectivity index (χ2v) is 6.64. The Balaban J connectivity index is 0.000000263. The van der Waals surface area contributed by atoms with Gasteiger partial charge in [-0.2, -0.15) is 0 Å². The minimum absolute atomic E-state index is 0.0793. The molecule has 1 saturated carbocycles. The van der Waals surface area contributed by atoms with E-state index < -0.39 is 23.3 Å². The standard InChI is InChI=1S/C9H9F2NO2.C9H17NO2/c10-12(11)8(9(13)14)6-7-4-2-1-3-5-7;10-7-9(6-8(11)12)4-2-1-3-5-9/h1-5,8H,6H2,(H,13,14);1-7,10H2,(H,11,12)/t8-;/m0./s1. The molecule has 2 rings (SSSR count). The monoisotopic (exact) mass is 372 g/mol. The van der Waals surface area contributed by atoms with Gasteiger partial charge in [0.25, 0.3) is 0 Å². The van der Waals surface area contributed by atoms with E-state index in [2.05, 4.69) is 0 Å². The summed E-state index contributed by atoms with van der Waals surface area (Å²) in [5.41, 5.74) is 6.11. The van der Waals surface area contributed by atoms with Gasteiger partial charge < -0.3 is 15.9 Å². The molecular weight excluding hydrogens is 346 g/mol. The summed E-state index contributed by atoms with van der Waals surface area (Å²) >= 11 is 0. The normalized spacial score (nSPS) is 17.1. The summed E-state index contributed by atoms with van der Waals surface area (Å²) in [5.74, 6) is -2.23. The number of carboxylic acids is 2. The van der Waals surface area contributed by atoms with Crippen LogP contribution in [0.15, 0.2) is 30.3 Å². The molecule has 0 radical (unpaired) electrons. The maximum absolute atomic E-state index is 12.1. The van der Waals surface area contributed by atoms with Gasteiger partial charge in [-0.15, -0.1) is 8.96 Å². The van der Waals surface area contributed by atoms with Crippen LogP contribution in [0.1, 0.15) is 44.1 Å². The first kappa shape index (κ1) is 22.0. The molecule has 0 aliphatic heterocycles. The number of aliphatic carboxylic acids is 2. The maximum atomic E-state index is 12.1. The van der Waals surface area contributed by atoms with Crippen molar-refractivity contribution < 1.29 is 28.8 Å². The summed E-state index contributed by atoms with van der Waals surface area (Å²) in [4.78, 5) is 21.0. The molecule has 1 atom stereocenters. The minimum atomic E-state index is -1.78. The molecule has 0 bridgehead atoms. The van der Waals surface area contributed by atoms with Crippen LogP contribution in [0.2, 0.25) is 0 Å². The second kappa shape index (κ2) is 10.8. The summed E-state index contributed by atoms with van der Waals surface area (Å²) in [7, 11) is 0. The van der Waals surface area contributed by atoms with Crippen molar-refractivity contribution in [1.82, 2.24) is 5.34 Å². The highest BCUT2D eigenvalue weighted by atomic mass is 19.4. The molecule has 1 aliphatic carbocycles. The van der Waals surface area contributed by atoms with Crippen LogP contribution >= 0.6 is 0 Å². The van der Waals surface area contributed by atoms with Gasteiger partial charge in [-0.3, -0.25) is 9.59 Å². The zero-order valence-electron chi connectivity index (χ0n) is 14.6. The van der Waals surface area contributed by atoms with Crippen molar-refractivity contribution in [1.29, 1.82) is 0 Å². The zero-order valence-corrected chi connectivity index (χ0v) is 14.6. The third-order valence-corrected chi connectivity index (χ3v) is 4.67. The van der Waals surface area contributed by atoms with E-state index >= 15 is 0 Å². The predicted molar refractivity (Wildman–Crippen MR) is 92.5 cm³/mol. The highest BCUT2D eigenvalue weighted by Gasteiger charge is 2.32. The van der Waals surface area contributed by atoms with Crippen LogP contribution in [-0.2, 0) is 16.0 Å². The number of benzene rings is 1. The molecule has 26 heavy (non-hydrogen) atoms. The molecule has 1 aromatic carbocycles. The van der Waals surface area contributed by atoms with Gasteiger partial charge in [0.15, 0.2) is 6.04 Å². The molecule has 0 heterocycles. The molecule has 146 valence electrons. The number of rotatable bonds is 7. The first-order chi connectivity index (χ1) is 12.3. The number of carboxylic acid groups (broad SMARTS) is 2. The average molecular weight is 372 g/mol. The molecule has 0 amide bonds. The molecule has 0 unspecified atom stereocenters. The minimum Gasteiger partial charge on any atom is -0.481 e. The van der Waals surface area contributed by atoms with Gasteiger partial charge in [0, 0.05) is 11.8 Å². The van der Waals surface area contributed by atoms with Crippen LogP contribution in [0, 0.1) is 5.41 Å². The Morgan fingerprint density at radius 2 is 1.69 bits per heavy atom. The lowest BCUT2D eigenvalue weighted by atomic mass is 9.72. The molecule has 0 spiro atoms. The van der Waals surface area contributed by atoms with E-state index in [1.54, 1.807) is 30.3 Å². The average Bonchev–Trinajstić information content (AvgIpc) is 2.61. The number of hydrogen-bond acceptors (Lipinski definition) is 4. The lowest BCUT2D eigenvalue weighted by Crippen LogP contribution is -2.34. The topological polar surface area (TPSA) is 104 Å². The largest absolute Gasteiger partial charge is 0.481 e. The van der Waals surface area contributed by atoms with Crippen LogP contribution in [0.5, 0.6) is 0 Å². The van der Waals surface area contributed by atoms with Crippen LogP contribution < -0.4 is 5.73 Å². The predicted octanol–water partition coefficient (Wildman–Crippen LogP) is 3.12. The lowest BCUT2D eigenvalue weighted by Gasteiger charge is -2.34. The van der Waals surface area contributed by atoms with E-state index in [4.69, 9.17) is 15.9 Å². The third kappa shape index (κ3) is 7.45. The van der Waals surface area contributed by atoms with E-state index in [-0.39, 0.29) is 18.3 Å². The van der Waals surface area contributed by atoms with Crippen molar-refractivity contribution in [3.63, 3.8) is 0 Å². The van der Waals surface area contributed by atoms with Crippen LogP contribution in [0.4, 0.5) is 8.96 Å². The fourth-order valence-electron chi connectivity index (χ4n) is 3.15. The van der Waals surface area contributed by atoms with Crippen molar-refractivity contribution >= 4 is 11.9 Å². The Kier molecular flexibility index (Phi) is 9.15. The van der Waals surface area contributed by atoms with Crippen molar-refractivity contribution in [2.24, 2.45) is 11.1 Å². The fraction of sp³-hybridized carbons (Fsp3) is 0.556. The van der Waals surface area contributed by atoms with E-state index in [0.29, 0.717) is 12.1 Å². The Labute approximate surface area is 151 Å². The molecule has 1 aromatic rings. The van der Waals surface area contributed by atoms with Crippen LogP contribution in [0.25, 0.3) is 0 Å². The zero-order chi connectivity index (χ0) is 19.6. The van der Waals surface area contributed by atoms with Crippen molar-refractivity contribution in [2.75, 3.05) is 6.54 Å². The van der Waals surface area contributed by atoms with Gasteiger partial charge in [-0.05, 0) is 30.4 Å².